The lowest BCUT2D eigenvalue weighted by atomic mass is 10.0. The molecule has 1 aliphatic heterocycles. The first-order chi connectivity index (χ1) is 15.8. The number of nitrogens with zero attached hydrogens (tertiary/aromatic N) is 4. The summed E-state index contributed by atoms with van der Waals surface area (Å²) < 4.78 is 57.7. The number of benzene rings is 2. The highest BCUT2D eigenvalue weighted by Gasteiger charge is 2.26. The van der Waals surface area contributed by atoms with E-state index in [2.05, 4.69) is 14.7 Å². The number of halogens is 2. The SMILES string of the molecule is Nc1nccc(-c2c(-c3cccc(NS(=O)(=O)c4c(F)cccc4F)c3)nn3c2CCC3)n1. The standard InChI is InChI=1S/C22H18F2N6O2S/c23-15-6-2-7-16(24)21(15)33(31,32)29-14-5-1-4-13(12-14)20-19(17-9-10-26-22(25)27-17)18-8-3-11-30(18)28-20/h1-2,4-7,9-10,12,29H,3,8,11H2,(H2,25,26,27). The minimum atomic E-state index is -4.50. The Hall–Kier alpha value is -3.86. The Morgan fingerprint density at radius 2 is 1.82 bits per heavy atom. The van der Waals surface area contributed by atoms with E-state index in [9.17, 15) is 17.2 Å². The normalized spacial score (nSPS) is 13.2. The molecule has 1 aliphatic rings. The third-order valence-electron chi connectivity index (χ3n) is 5.35. The number of anilines is 2. The van der Waals surface area contributed by atoms with Crippen LogP contribution in [0.2, 0.25) is 0 Å². The van der Waals surface area contributed by atoms with Crippen LogP contribution in [-0.2, 0) is 23.0 Å². The van der Waals surface area contributed by atoms with Gasteiger partial charge in [-0.25, -0.2) is 27.2 Å². The fraction of sp³-hybridized carbons (Fsp3) is 0.136. The van der Waals surface area contributed by atoms with Gasteiger partial charge in [-0.3, -0.25) is 9.40 Å². The molecule has 2 aromatic carbocycles. The lowest BCUT2D eigenvalue weighted by molar-refractivity contribution is 0.521. The molecule has 168 valence electrons. The van der Waals surface area contributed by atoms with Crippen molar-refractivity contribution < 1.29 is 17.2 Å². The number of nitrogens with two attached hydrogens (primary N) is 1. The number of nitrogens with one attached hydrogen (secondary N) is 1. The van der Waals surface area contributed by atoms with Crippen molar-refractivity contribution in [2.75, 3.05) is 10.5 Å². The molecule has 0 fully saturated rings. The molecule has 0 atom stereocenters. The lowest BCUT2D eigenvalue weighted by Crippen LogP contribution is -2.16. The van der Waals surface area contributed by atoms with E-state index in [0.717, 1.165) is 48.8 Å². The molecule has 8 nitrogen and oxygen atoms in total. The largest absolute Gasteiger partial charge is 0.368 e. The second-order valence-electron chi connectivity index (χ2n) is 7.53. The molecule has 0 radical (unpaired) electrons. The van der Waals surface area contributed by atoms with E-state index in [1.54, 1.807) is 30.5 Å². The third-order valence-corrected chi connectivity index (χ3v) is 6.78. The number of hydrogen-bond donors (Lipinski definition) is 2. The zero-order valence-electron chi connectivity index (χ0n) is 17.2. The van der Waals surface area contributed by atoms with Crippen LogP contribution in [0.1, 0.15) is 12.1 Å². The first-order valence-corrected chi connectivity index (χ1v) is 11.6. The summed E-state index contributed by atoms with van der Waals surface area (Å²) in [5, 5.41) is 4.71. The van der Waals surface area contributed by atoms with Crippen molar-refractivity contribution in [2.45, 2.75) is 24.3 Å². The Morgan fingerprint density at radius 3 is 2.58 bits per heavy atom. The van der Waals surface area contributed by atoms with E-state index in [4.69, 9.17) is 10.8 Å². The topological polar surface area (TPSA) is 116 Å². The van der Waals surface area contributed by atoms with E-state index in [0.29, 0.717) is 17.0 Å². The molecular weight excluding hydrogens is 450 g/mol. The number of hydrogen-bond acceptors (Lipinski definition) is 6. The number of sulfonamides is 1. The average molecular weight is 468 g/mol. The second-order valence-corrected chi connectivity index (χ2v) is 9.15. The fourth-order valence-corrected chi connectivity index (χ4v) is 5.18. The molecule has 11 heteroatoms. The molecule has 0 saturated heterocycles. The van der Waals surface area contributed by atoms with Crippen LogP contribution in [0.5, 0.6) is 0 Å². The molecule has 0 spiro atoms. The van der Waals surface area contributed by atoms with Crippen molar-refractivity contribution in [2.24, 2.45) is 0 Å². The summed E-state index contributed by atoms with van der Waals surface area (Å²) >= 11 is 0. The minimum Gasteiger partial charge on any atom is -0.368 e. The maximum atomic E-state index is 14.1. The number of aryl methyl sites for hydroxylation is 1. The average Bonchev–Trinajstić information content (AvgIpc) is 3.34. The zero-order valence-corrected chi connectivity index (χ0v) is 18.0. The Morgan fingerprint density at radius 1 is 1.06 bits per heavy atom. The molecule has 33 heavy (non-hydrogen) atoms. The van der Waals surface area contributed by atoms with E-state index in [1.807, 2.05) is 4.68 Å². The van der Waals surface area contributed by atoms with Gasteiger partial charge < -0.3 is 5.73 Å². The summed E-state index contributed by atoms with van der Waals surface area (Å²) in [6.45, 7) is 0.752. The fourth-order valence-electron chi connectivity index (χ4n) is 3.99. The van der Waals surface area contributed by atoms with Gasteiger partial charge in [0, 0.05) is 35.2 Å². The van der Waals surface area contributed by atoms with E-state index < -0.39 is 26.6 Å². The van der Waals surface area contributed by atoms with Gasteiger partial charge in [-0.2, -0.15) is 5.10 Å². The Kier molecular flexibility index (Phi) is 5.05. The van der Waals surface area contributed by atoms with Crippen LogP contribution in [0.3, 0.4) is 0 Å². The molecular formula is C22H18F2N6O2S. The number of aromatic nitrogens is 4. The summed E-state index contributed by atoms with van der Waals surface area (Å²) in [5.41, 5.74) is 9.53. The summed E-state index contributed by atoms with van der Waals surface area (Å²) in [6, 6.07) is 11.1. The maximum absolute atomic E-state index is 14.1. The first kappa shape index (κ1) is 21.0. The van der Waals surface area contributed by atoms with Gasteiger partial charge in [-0.05, 0) is 43.2 Å². The molecule has 0 bridgehead atoms. The highest BCUT2D eigenvalue weighted by molar-refractivity contribution is 7.92. The van der Waals surface area contributed by atoms with Crippen molar-refractivity contribution in [1.29, 1.82) is 0 Å². The smallest absolute Gasteiger partial charge is 0.267 e. The predicted molar refractivity (Wildman–Crippen MR) is 119 cm³/mol. The van der Waals surface area contributed by atoms with Gasteiger partial charge in [0.2, 0.25) is 5.95 Å². The molecule has 5 rings (SSSR count). The van der Waals surface area contributed by atoms with Gasteiger partial charge in [-0.1, -0.05) is 18.2 Å². The van der Waals surface area contributed by atoms with Gasteiger partial charge in [0.15, 0.2) is 4.90 Å². The second kappa shape index (κ2) is 7.93. The predicted octanol–water partition coefficient (Wildman–Crippen LogP) is 3.61. The van der Waals surface area contributed by atoms with Gasteiger partial charge >= 0.3 is 0 Å². The van der Waals surface area contributed by atoms with Crippen LogP contribution >= 0.6 is 0 Å². The molecule has 3 heterocycles. The van der Waals surface area contributed by atoms with Crippen molar-refractivity contribution >= 4 is 21.7 Å². The van der Waals surface area contributed by atoms with Crippen molar-refractivity contribution in [1.82, 2.24) is 19.7 Å². The van der Waals surface area contributed by atoms with Gasteiger partial charge in [0.25, 0.3) is 10.0 Å². The van der Waals surface area contributed by atoms with Crippen LogP contribution in [-0.4, -0.2) is 28.2 Å². The van der Waals surface area contributed by atoms with Crippen molar-refractivity contribution in [3.8, 4) is 22.5 Å². The first-order valence-electron chi connectivity index (χ1n) is 10.1. The van der Waals surface area contributed by atoms with Crippen LogP contribution in [0.4, 0.5) is 20.4 Å². The number of nitrogen functional groups attached to an aromatic ring is 1. The van der Waals surface area contributed by atoms with Crippen LogP contribution in [0.25, 0.3) is 22.5 Å². The minimum absolute atomic E-state index is 0.129. The summed E-state index contributed by atoms with van der Waals surface area (Å²) in [6.07, 6.45) is 3.32. The van der Waals surface area contributed by atoms with Crippen molar-refractivity contribution in [3.05, 3.63) is 72.1 Å². The molecule has 0 aliphatic carbocycles. The highest BCUT2D eigenvalue weighted by atomic mass is 32.2. The Labute approximate surface area is 188 Å². The maximum Gasteiger partial charge on any atom is 0.267 e. The molecule has 2 aromatic heterocycles. The molecule has 4 aromatic rings. The molecule has 0 amide bonds. The number of fused-ring (bicyclic) bond motifs is 1. The molecule has 0 saturated carbocycles. The summed E-state index contributed by atoms with van der Waals surface area (Å²) in [4.78, 5) is 7.25. The van der Waals surface area contributed by atoms with E-state index in [1.165, 1.54) is 6.07 Å². The third kappa shape index (κ3) is 3.80. The monoisotopic (exact) mass is 468 g/mol. The zero-order chi connectivity index (χ0) is 23.2. The summed E-state index contributed by atoms with van der Waals surface area (Å²) in [7, 11) is -4.50. The van der Waals surface area contributed by atoms with Gasteiger partial charge in [0.1, 0.15) is 17.3 Å². The lowest BCUT2D eigenvalue weighted by Gasteiger charge is -2.11. The van der Waals surface area contributed by atoms with E-state index in [-0.39, 0.29) is 11.6 Å². The van der Waals surface area contributed by atoms with Crippen molar-refractivity contribution in [3.63, 3.8) is 0 Å². The van der Waals surface area contributed by atoms with Gasteiger partial charge in [-0.15, -0.1) is 0 Å². The molecule has 0 unspecified atom stereocenters. The Bertz CT molecular complexity index is 1470. The van der Waals surface area contributed by atoms with Gasteiger partial charge in [0.05, 0.1) is 5.69 Å². The Balaban J connectivity index is 1.57. The quantitative estimate of drug-likeness (QED) is 0.462. The van der Waals surface area contributed by atoms with Crippen LogP contribution in [0.15, 0.2) is 59.6 Å². The number of rotatable bonds is 5. The van der Waals surface area contributed by atoms with E-state index >= 15 is 0 Å². The highest BCUT2D eigenvalue weighted by Crippen LogP contribution is 2.37. The van der Waals surface area contributed by atoms with Crippen LogP contribution < -0.4 is 10.5 Å². The van der Waals surface area contributed by atoms with Crippen LogP contribution in [0, 0.1) is 11.6 Å². The molecule has 3 N–H and O–H groups in total. The summed E-state index contributed by atoms with van der Waals surface area (Å²) in [5.74, 6) is -2.22.